The first kappa shape index (κ1) is 17.1. The van der Waals surface area contributed by atoms with Gasteiger partial charge in [-0.05, 0) is 37.6 Å². The van der Waals surface area contributed by atoms with Crippen LogP contribution in [0.1, 0.15) is 30.0 Å². The summed E-state index contributed by atoms with van der Waals surface area (Å²) in [5, 5.41) is 5.44. The number of nitrogens with one attached hydrogen (secondary N) is 2. The number of carbonyl (C=O) groups excluding carboxylic acids is 1. The molecule has 0 aliphatic carbocycles. The number of hydrogen-bond acceptors (Lipinski definition) is 4. The van der Waals surface area contributed by atoms with Gasteiger partial charge in [-0.2, -0.15) is 0 Å². The van der Waals surface area contributed by atoms with E-state index in [2.05, 4.69) is 10.6 Å². The van der Waals surface area contributed by atoms with Crippen LogP contribution in [0.4, 0.5) is 10.5 Å². The van der Waals surface area contributed by atoms with Gasteiger partial charge in [-0.3, -0.25) is 0 Å². The van der Waals surface area contributed by atoms with Gasteiger partial charge in [-0.15, -0.1) is 0 Å². The van der Waals surface area contributed by atoms with Crippen LogP contribution in [0.25, 0.3) is 0 Å². The third-order valence-corrected chi connectivity index (χ3v) is 4.05. The summed E-state index contributed by atoms with van der Waals surface area (Å²) in [5.41, 5.74) is 1.02. The SMILES string of the molecule is Cc1ccc(C(C)NC(=O)Nc2ccccc2CS(C)(=O)=O)o1. The maximum atomic E-state index is 12.1. The van der Waals surface area contributed by atoms with Crippen molar-refractivity contribution in [1.29, 1.82) is 0 Å². The number of sulfone groups is 1. The van der Waals surface area contributed by atoms with Gasteiger partial charge < -0.3 is 15.1 Å². The second-order valence-corrected chi connectivity index (χ2v) is 7.64. The number of rotatable bonds is 5. The molecule has 6 nitrogen and oxygen atoms in total. The molecule has 0 aliphatic heterocycles. The van der Waals surface area contributed by atoms with Crippen molar-refractivity contribution in [2.45, 2.75) is 25.6 Å². The second kappa shape index (κ2) is 6.87. The van der Waals surface area contributed by atoms with Crippen molar-refractivity contribution < 1.29 is 17.6 Å². The van der Waals surface area contributed by atoms with E-state index in [1.807, 2.05) is 13.0 Å². The summed E-state index contributed by atoms with van der Waals surface area (Å²) in [6.45, 7) is 3.64. The molecular weight excluding hydrogens is 316 g/mol. The number of carbonyl (C=O) groups is 1. The van der Waals surface area contributed by atoms with Crippen molar-refractivity contribution in [2.24, 2.45) is 0 Å². The number of urea groups is 1. The molecule has 1 aromatic heterocycles. The minimum absolute atomic E-state index is 0.129. The van der Waals surface area contributed by atoms with Crippen LogP contribution in [0.15, 0.2) is 40.8 Å². The van der Waals surface area contributed by atoms with E-state index in [0.29, 0.717) is 17.0 Å². The highest BCUT2D eigenvalue weighted by atomic mass is 32.2. The fourth-order valence-electron chi connectivity index (χ4n) is 2.16. The molecule has 2 amide bonds. The lowest BCUT2D eigenvalue weighted by Crippen LogP contribution is -2.31. The Labute approximate surface area is 135 Å². The number of anilines is 1. The predicted octanol–water partition coefficient (Wildman–Crippen LogP) is 3.02. The number of furan rings is 1. The smallest absolute Gasteiger partial charge is 0.319 e. The van der Waals surface area contributed by atoms with Crippen molar-refractivity contribution in [3.8, 4) is 0 Å². The van der Waals surface area contributed by atoms with Gasteiger partial charge in [-0.25, -0.2) is 13.2 Å². The number of aryl methyl sites for hydroxylation is 1. The van der Waals surface area contributed by atoms with Gasteiger partial charge >= 0.3 is 6.03 Å². The van der Waals surface area contributed by atoms with Gasteiger partial charge in [-0.1, -0.05) is 18.2 Å². The van der Waals surface area contributed by atoms with E-state index in [4.69, 9.17) is 4.42 Å². The number of amides is 2. The van der Waals surface area contributed by atoms with Gasteiger partial charge in [0.15, 0.2) is 9.84 Å². The molecule has 1 unspecified atom stereocenters. The molecule has 0 spiro atoms. The zero-order valence-electron chi connectivity index (χ0n) is 13.3. The quantitative estimate of drug-likeness (QED) is 0.878. The molecule has 0 radical (unpaired) electrons. The molecule has 0 aliphatic rings. The summed E-state index contributed by atoms with van der Waals surface area (Å²) >= 11 is 0. The monoisotopic (exact) mass is 336 g/mol. The first-order valence-electron chi connectivity index (χ1n) is 7.14. The highest BCUT2D eigenvalue weighted by Gasteiger charge is 2.15. The Balaban J connectivity index is 2.06. The zero-order valence-corrected chi connectivity index (χ0v) is 14.1. The van der Waals surface area contributed by atoms with Gasteiger partial charge in [0.05, 0.1) is 11.8 Å². The minimum Gasteiger partial charge on any atom is -0.464 e. The third-order valence-electron chi connectivity index (χ3n) is 3.22. The van der Waals surface area contributed by atoms with Gasteiger partial charge in [0.1, 0.15) is 11.5 Å². The molecule has 1 atom stereocenters. The molecule has 2 N–H and O–H groups in total. The summed E-state index contributed by atoms with van der Waals surface area (Å²) in [4.78, 5) is 12.1. The third kappa shape index (κ3) is 5.14. The Morgan fingerprint density at radius 1 is 1.22 bits per heavy atom. The van der Waals surface area contributed by atoms with E-state index in [9.17, 15) is 13.2 Å². The van der Waals surface area contributed by atoms with E-state index in [0.717, 1.165) is 12.0 Å². The first-order valence-corrected chi connectivity index (χ1v) is 9.20. The molecule has 124 valence electrons. The van der Waals surface area contributed by atoms with E-state index in [1.54, 1.807) is 37.3 Å². The fourth-order valence-corrected chi connectivity index (χ4v) is 2.98. The molecule has 7 heteroatoms. The molecule has 2 aromatic rings. The van der Waals surface area contributed by atoms with Crippen LogP contribution in [-0.2, 0) is 15.6 Å². The number of para-hydroxylation sites is 1. The lowest BCUT2D eigenvalue weighted by molar-refractivity contribution is 0.247. The Morgan fingerprint density at radius 3 is 2.52 bits per heavy atom. The molecule has 0 saturated heterocycles. The molecule has 0 bridgehead atoms. The molecule has 1 aromatic carbocycles. The minimum atomic E-state index is -3.19. The van der Waals surface area contributed by atoms with Crippen molar-refractivity contribution in [1.82, 2.24) is 5.32 Å². The normalized spacial score (nSPS) is 12.7. The molecule has 23 heavy (non-hydrogen) atoms. The van der Waals surface area contributed by atoms with Gasteiger partial charge in [0.2, 0.25) is 0 Å². The van der Waals surface area contributed by atoms with E-state index in [-0.39, 0.29) is 11.8 Å². The maximum Gasteiger partial charge on any atom is 0.319 e. The standard InChI is InChI=1S/C16H20N2O4S/c1-11-8-9-15(22-11)12(2)17-16(19)18-14-7-5-4-6-13(14)10-23(3,20)21/h4-9,12H,10H2,1-3H3,(H2,17,18,19). The van der Waals surface area contributed by atoms with E-state index < -0.39 is 15.9 Å². The van der Waals surface area contributed by atoms with Crippen molar-refractivity contribution in [2.75, 3.05) is 11.6 Å². The Kier molecular flexibility index (Phi) is 5.10. The van der Waals surface area contributed by atoms with Gasteiger partial charge in [0, 0.05) is 11.9 Å². The van der Waals surface area contributed by atoms with Crippen LogP contribution in [0.3, 0.4) is 0 Å². The summed E-state index contributed by atoms with van der Waals surface area (Å²) in [7, 11) is -3.19. The summed E-state index contributed by atoms with van der Waals surface area (Å²) in [5.74, 6) is 1.30. The molecule has 1 heterocycles. The Bertz CT molecular complexity index is 796. The average Bonchev–Trinajstić information content (AvgIpc) is 2.86. The summed E-state index contributed by atoms with van der Waals surface area (Å²) in [6, 6.07) is 9.72. The average molecular weight is 336 g/mol. The largest absolute Gasteiger partial charge is 0.464 e. The number of hydrogen-bond donors (Lipinski definition) is 2. The van der Waals surface area contributed by atoms with Crippen LogP contribution >= 0.6 is 0 Å². The predicted molar refractivity (Wildman–Crippen MR) is 89.0 cm³/mol. The molecule has 0 saturated carbocycles. The van der Waals surface area contributed by atoms with Crippen LogP contribution in [0.2, 0.25) is 0 Å². The topological polar surface area (TPSA) is 88.4 Å². The maximum absolute atomic E-state index is 12.1. The zero-order chi connectivity index (χ0) is 17.0. The van der Waals surface area contributed by atoms with Gasteiger partial charge in [0.25, 0.3) is 0 Å². The summed E-state index contributed by atoms with van der Waals surface area (Å²) < 4.78 is 28.4. The second-order valence-electron chi connectivity index (χ2n) is 5.50. The first-order chi connectivity index (χ1) is 10.7. The lowest BCUT2D eigenvalue weighted by Gasteiger charge is -2.14. The fraction of sp³-hybridized carbons (Fsp3) is 0.312. The number of benzene rings is 1. The van der Waals surface area contributed by atoms with Crippen LogP contribution < -0.4 is 10.6 Å². The Hall–Kier alpha value is -2.28. The van der Waals surface area contributed by atoms with Crippen molar-refractivity contribution in [3.63, 3.8) is 0 Å². The Morgan fingerprint density at radius 2 is 1.91 bits per heavy atom. The van der Waals surface area contributed by atoms with Crippen LogP contribution in [-0.4, -0.2) is 20.7 Å². The molecule has 2 rings (SSSR count). The van der Waals surface area contributed by atoms with Crippen LogP contribution in [0, 0.1) is 6.92 Å². The van der Waals surface area contributed by atoms with Crippen LogP contribution in [0.5, 0.6) is 0 Å². The lowest BCUT2D eigenvalue weighted by atomic mass is 10.2. The van der Waals surface area contributed by atoms with Crippen molar-refractivity contribution in [3.05, 3.63) is 53.5 Å². The highest BCUT2D eigenvalue weighted by molar-refractivity contribution is 7.89. The molecule has 0 fully saturated rings. The van der Waals surface area contributed by atoms with Crippen molar-refractivity contribution >= 4 is 21.6 Å². The highest BCUT2D eigenvalue weighted by Crippen LogP contribution is 2.19. The summed E-state index contributed by atoms with van der Waals surface area (Å²) in [6.07, 6.45) is 1.16. The van der Waals surface area contributed by atoms with E-state index >= 15 is 0 Å². The molecular formula is C16H20N2O4S. The van der Waals surface area contributed by atoms with E-state index in [1.165, 1.54) is 0 Å².